The minimum Gasteiger partial charge on any atom is -0.756 e. The van der Waals surface area contributed by atoms with Gasteiger partial charge in [-0.1, -0.05) is 122 Å². The van der Waals surface area contributed by atoms with Gasteiger partial charge in [-0.2, -0.15) is 0 Å². The number of aliphatic hydroxyl groups excluding tert-OH is 1. The molecule has 2 N–H and O–H groups in total. The lowest BCUT2D eigenvalue weighted by atomic mass is 10.0. The van der Waals surface area contributed by atoms with Gasteiger partial charge in [0.05, 0.1) is 39.9 Å². The second kappa shape index (κ2) is 28.5. The third-order valence-corrected chi connectivity index (χ3v) is 8.97. The van der Waals surface area contributed by atoms with Gasteiger partial charge in [-0.3, -0.25) is 9.36 Å². The molecule has 0 aromatic heterocycles. The summed E-state index contributed by atoms with van der Waals surface area (Å²) in [7, 11) is 1.29. The predicted octanol–water partition coefficient (Wildman–Crippen LogP) is 8.22. The Morgan fingerprint density at radius 2 is 1.25 bits per heavy atom. The molecule has 8 nitrogen and oxygen atoms in total. The SMILES string of the molecule is CCCCCCC/C=C/CCCC[C@@H](O)[C@H](COP(=O)([O-])OCC[N+](C)(C)C)NC(=O)CCCCCCCCCCCCC. The number of likely N-dealkylation sites (N-methyl/N-ethyl adjacent to an activating group) is 1. The molecule has 0 aromatic carbocycles. The first-order valence-corrected chi connectivity index (χ1v) is 19.5. The summed E-state index contributed by atoms with van der Waals surface area (Å²) in [6, 6.07) is -0.807. The van der Waals surface area contributed by atoms with Crippen molar-refractivity contribution in [3.8, 4) is 0 Å². The number of nitrogens with zero attached hydrogens (tertiary/aromatic N) is 1. The number of nitrogens with one attached hydrogen (secondary N) is 1. The maximum Gasteiger partial charge on any atom is 0.268 e. The van der Waals surface area contributed by atoms with Crippen LogP contribution in [0.1, 0.15) is 155 Å². The van der Waals surface area contributed by atoms with Crippen LogP contribution in [0, 0.1) is 0 Å². The van der Waals surface area contributed by atoms with E-state index in [9.17, 15) is 19.4 Å². The van der Waals surface area contributed by atoms with Crippen LogP contribution in [0.15, 0.2) is 12.2 Å². The van der Waals surface area contributed by atoms with Crippen LogP contribution in [0.4, 0.5) is 0 Å². The Bertz CT molecular complexity index is 743. The number of carbonyl (C=O) groups is 1. The molecule has 0 rings (SSSR count). The van der Waals surface area contributed by atoms with Crippen molar-refractivity contribution in [3.05, 3.63) is 12.2 Å². The number of carbonyl (C=O) groups excluding carboxylic acids is 1. The molecule has 1 unspecified atom stereocenters. The summed E-state index contributed by atoms with van der Waals surface area (Å²) in [4.78, 5) is 25.1. The summed E-state index contributed by atoms with van der Waals surface area (Å²) in [6.07, 6.45) is 27.8. The van der Waals surface area contributed by atoms with E-state index in [-0.39, 0.29) is 19.1 Å². The van der Waals surface area contributed by atoms with Gasteiger partial charge >= 0.3 is 0 Å². The van der Waals surface area contributed by atoms with E-state index in [4.69, 9.17) is 9.05 Å². The standard InChI is InChI=1S/C35H71N2O6P/c1-6-8-10-12-14-16-18-20-22-24-26-28-34(38)33(32-43-44(40,41)42-31-30-37(3,4)5)36-35(39)29-27-25-23-21-19-17-15-13-11-9-7-2/h18,20,33-34,38H,6-17,19,21-32H2,1-5H3,(H-,36,39,40,41)/b20-18+/t33-,34+/m0/s1. The lowest BCUT2D eigenvalue weighted by molar-refractivity contribution is -0.870. The molecule has 9 heteroatoms. The largest absolute Gasteiger partial charge is 0.756 e. The number of hydrogen-bond acceptors (Lipinski definition) is 6. The molecule has 262 valence electrons. The van der Waals surface area contributed by atoms with E-state index in [1.54, 1.807) is 0 Å². The Balaban J connectivity index is 4.55. The van der Waals surface area contributed by atoms with Crippen LogP contribution in [0.25, 0.3) is 0 Å². The first kappa shape index (κ1) is 43.2. The number of amides is 1. The quantitative estimate of drug-likeness (QED) is 0.0330. The first-order chi connectivity index (χ1) is 21.0. The fourth-order valence-electron chi connectivity index (χ4n) is 5.03. The molecule has 0 fully saturated rings. The van der Waals surface area contributed by atoms with Crippen molar-refractivity contribution < 1.29 is 32.9 Å². The monoisotopic (exact) mass is 647 g/mol. The average Bonchev–Trinajstić information content (AvgIpc) is 2.95. The highest BCUT2D eigenvalue weighted by molar-refractivity contribution is 7.45. The van der Waals surface area contributed by atoms with Crippen LogP contribution in [-0.2, 0) is 18.4 Å². The van der Waals surface area contributed by atoms with E-state index in [0.717, 1.165) is 44.9 Å². The predicted molar refractivity (Wildman–Crippen MR) is 182 cm³/mol. The average molecular weight is 647 g/mol. The smallest absolute Gasteiger partial charge is 0.268 e. The summed E-state index contributed by atoms with van der Waals surface area (Å²) in [5.41, 5.74) is 0. The fourth-order valence-corrected chi connectivity index (χ4v) is 5.75. The normalized spacial score (nSPS) is 15.0. The molecular formula is C35H71N2O6P. The molecule has 0 bridgehead atoms. The van der Waals surface area contributed by atoms with Crippen molar-refractivity contribution in [1.82, 2.24) is 5.32 Å². The van der Waals surface area contributed by atoms with Crippen LogP contribution in [0.5, 0.6) is 0 Å². The molecule has 0 saturated carbocycles. The second-order valence-corrected chi connectivity index (χ2v) is 15.0. The van der Waals surface area contributed by atoms with E-state index in [2.05, 4.69) is 31.3 Å². The van der Waals surface area contributed by atoms with Gasteiger partial charge in [-0.25, -0.2) is 0 Å². The number of allylic oxidation sites excluding steroid dienone is 2. The summed E-state index contributed by atoms with van der Waals surface area (Å²) in [5, 5.41) is 13.7. The van der Waals surface area contributed by atoms with Crippen LogP contribution in [0.2, 0.25) is 0 Å². The summed E-state index contributed by atoms with van der Waals surface area (Å²) in [6.45, 7) is 4.64. The minimum absolute atomic E-state index is 0.00890. The molecule has 0 saturated heterocycles. The molecule has 0 heterocycles. The Morgan fingerprint density at radius 3 is 1.77 bits per heavy atom. The zero-order chi connectivity index (χ0) is 32.9. The number of rotatable bonds is 32. The van der Waals surface area contributed by atoms with Gasteiger partial charge in [0, 0.05) is 6.42 Å². The second-order valence-electron chi connectivity index (χ2n) is 13.6. The van der Waals surface area contributed by atoms with Gasteiger partial charge < -0.3 is 28.8 Å². The lowest BCUT2D eigenvalue weighted by Gasteiger charge is -2.30. The van der Waals surface area contributed by atoms with Crippen molar-refractivity contribution in [2.24, 2.45) is 0 Å². The third-order valence-electron chi connectivity index (χ3n) is 8.00. The topological polar surface area (TPSA) is 108 Å². The van der Waals surface area contributed by atoms with Gasteiger partial charge in [0.1, 0.15) is 13.2 Å². The number of phosphoric acid groups is 1. The minimum atomic E-state index is -4.55. The van der Waals surface area contributed by atoms with E-state index in [1.807, 2.05) is 21.1 Å². The molecule has 1 amide bonds. The molecule has 0 aliphatic carbocycles. The van der Waals surface area contributed by atoms with Crippen molar-refractivity contribution in [1.29, 1.82) is 0 Å². The molecule has 0 spiro atoms. The van der Waals surface area contributed by atoms with Gasteiger partial charge in [0.2, 0.25) is 5.91 Å². The molecule has 0 aromatic rings. The summed E-state index contributed by atoms with van der Waals surface area (Å²) in [5.74, 6) is -0.179. The first-order valence-electron chi connectivity index (χ1n) is 18.0. The maximum atomic E-state index is 12.7. The zero-order valence-corrected chi connectivity index (χ0v) is 30.3. The lowest BCUT2D eigenvalue weighted by Crippen LogP contribution is -2.46. The van der Waals surface area contributed by atoms with Gasteiger partial charge in [0.25, 0.3) is 7.82 Å². The highest BCUT2D eigenvalue weighted by Gasteiger charge is 2.24. The summed E-state index contributed by atoms with van der Waals surface area (Å²) < 4.78 is 23.1. The van der Waals surface area contributed by atoms with E-state index < -0.39 is 20.0 Å². The Labute approximate surface area is 272 Å². The molecule has 0 radical (unpaired) electrons. The van der Waals surface area contributed by atoms with Crippen LogP contribution >= 0.6 is 7.82 Å². The molecule has 0 aliphatic rings. The molecular weight excluding hydrogens is 575 g/mol. The van der Waals surface area contributed by atoms with E-state index in [1.165, 1.54) is 83.5 Å². The van der Waals surface area contributed by atoms with Gasteiger partial charge in [-0.05, 0) is 38.5 Å². The maximum absolute atomic E-state index is 12.7. The van der Waals surface area contributed by atoms with Gasteiger partial charge in [0.15, 0.2) is 0 Å². The van der Waals surface area contributed by atoms with Crippen molar-refractivity contribution in [2.45, 2.75) is 167 Å². The Morgan fingerprint density at radius 1 is 0.773 bits per heavy atom. The van der Waals surface area contributed by atoms with E-state index >= 15 is 0 Å². The van der Waals surface area contributed by atoms with Crippen molar-refractivity contribution in [3.63, 3.8) is 0 Å². The highest BCUT2D eigenvalue weighted by atomic mass is 31.2. The third kappa shape index (κ3) is 29.9. The molecule has 44 heavy (non-hydrogen) atoms. The number of aliphatic hydroxyl groups is 1. The molecule has 0 aliphatic heterocycles. The van der Waals surface area contributed by atoms with E-state index in [0.29, 0.717) is 23.9 Å². The number of unbranched alkanes of at least 4 members (excludes halogenated alkanes) is 17. The Kier molecular flexibility index (Phi) is 28.0. The van der Waals surface area contributed by atoms with Crippen molar-refractivity contribution >= 4 is 13.7 Å². The number of quaternary nitrogens is 1. The number of hydrogen-bond donors (Lipinski definition) is 2. The van der Waals surface area contributed by atoms with Crippen molar-refractivity contribution in [2.75, 3.05) is 40.9 Å². The number of phosphoric ester groups is 1. The highest BCUT2D eigenvalue weighted by Crippen LogP contribution is 2.38. The van der Waals surface area contributed by atoms with Crippen LogP contribution in [0.3, 0.4) is 0 Å². The Hall–Kier alpha value is -0.760. The van der Waals surface area contributed by atoms with Crippen LogP contribution < -0.4 is 10.2 Å². The van der Waals surface area contributed by atoms with Gasteiger partial charge in [-0.15, -0.1) is 0 Å². The van der Waals surface area contributed by atoms with Crippen LogP contribution in [-0.4, -0.2) is 68.5 Å². The summed E-state index contributed by atoms with van der Waals surface area (Å²) >= 11 is 0. The molecule has 3 atom stereocenters. The fraction of sp³-hybridized carbons (Fsp3) is 0.914. The zero-order valence-electron chi connectivity index (χ0n) is 29.4.